The summed E-state index contributed by atoms with van der Waals surface area (Å²) in [4.78, 5) is 33.5. The fourth-order valence-corrected chi connectivity index (χ4v) is 4.40. The highest BCUT2D eigenvalue weighted by Crippen LogP contribution is 2.32. The number of H-pyrrole nitrogens is 1. The molecule has 1 aromatic carbocycles. The van der Waals surface area contributed by atoms with Crippen molar-refractivity contribution in [2.24, 2.45) is 0 Å². The van der Waals surface area contributed by atoms with Crippen molar-refractivity contribution in [3.05, 3.63) is 59.9 Å². The number of carbonyl (C=O) groups excluding carboxylic acids is 2. The van der Waals surface area contributed by atoms with Crippen LogP contribution in [0.25, 0.3) is 0 Å². The van der Waals surface area contributed by atoms with Crippen LogP contribution in [-0.2, 0) is 17.8 Å². The molecule has 1 N–H and O–H groups in total. The number of aromatic nitrogens is 5. The fourth-order valence-electron chi connectivity index (χ4n) is 4.40. The summed E-state index contributed by atoms with van der Waals surface area (Å²) >= 11 is 0. The molecule has 154 valence electrons. The number of likely N-dealkylation sites (tertiary alicyclic amines) is 1. The molecule has 2 aromatic heterocycles. The van der Waals surface area contributed by atoms with Crippen LogP contribution in [-0.4, -0.2) is 54.8 Å². The van der Waals surface area contributed by atoms with Gasteiger partial charge in [0.2, 0.25) is 5.91 Å². The first-order valence-electron chi connectivity index (χ1n) is 10.3. The van der Waals surface area contributed by atoms with Gasteiger partial charge in [-0.15, -0.1) is 0 Å². The summed E-state index contributed by atoms with van der Waals surface area (Å²) in [6.07, 6.45) is 6.64. The van der Waals surface area contributed by atoms with Crippen LogP contribution in [0.2, 0.25) is 0 Å². The third-order valence-electron chi connectivity index (χ3n) is 5.90. The predicted molar refractivity (Wildman–Crippen MR) is 109 cm³/mol. The van der Waals surface area contributed by atoms with Gasteiger partial charge in [-0.3, -0.25) is 14.7 Å². The second kappa shape index (κ2) is 7.74. The summed E-state index contributed by atoms with van der Waals surface area (Å²) in [7, 11) is 0. The van der Waals surface area contributed by atoms with Crippen LogP contribution in [0.4, 0.5) is 5.69 Å². The van der Waals surface area contributed by atoms with Crippen molar-refractivity contribution >= 4 is 17.5 Å². The number of nitrogens with one attached hydrogen (secondary N) is 1. The van der Waals surface area contributed by atoms with E-state index < -0.39 is 0 Å². The Labute approximate surface area is 173 Å². The molecule has 4 heterocycles. The number of anilines is 1. The molecule has 0 aliphatic carbocycles. The van der Waals surface area contributed by atoms with Crippen LogP contribution >= 0.6 is 0 Å². The number of benzene rings is 1. The van der Waals surface area contributed by atoms with E-state index in [4.69, 9.17) is 0 Å². The number of piperidine rings is 1. The number of amides is 2. The molecule has 0 radical (unpaired) electrons. The van der Waals surface area contributed by atoms with Crippen molar-refractivity contribution in [3.63, 3.8) is 0 Å². The van der Waals surface area contributed by atoms with Crippen LogP contribution < -0.4 is 4.90 Å². The quantitative estimate of drug-likeness (QED) is 0.715. The van der Waals surface area contributed by atoms with E-state index in [1.54, 1.807) is 11.0 Å². The van der Waals surface area contributed by atoms with E-state index >= 15 is 0 Å². The molecule has 2 aliphatic rings. The second-order valence-electron chi connectivity index (χ2n) is 7.74. The summed E-state index contributed by atoms with van der Waals surface area (Å²) < 4.78 is 1.53. The van der Waals surface area contributed by atoms with Gasteiger partial charge < -0.3 is 9.80 Å². The van der Waals surface area contributed by atoms with Gasteiger partial charge in [-0.1, -0.05) is 18.2 Å². The van der Waals surface area contributed by atoms with E-state index in [2.05, 4.69) is 26.3 Å². The lowest BCUT2D eigenvalue weighted by molar-refractivity contribution is -0.136. The zero-order chi connectivity index (χ0) is 20.5. The maximum absolute atomic E-state index is 13.1. The van der Waals surface area contributed by atoms with Gasteiger partial charge in [0.15, 0.2) is 5.69 Å². The van der Waals surface area contributed by atoms with E-state index in [9.17, 15) is 9.59 Å². The highest BCUT2D eigenvalue weighted by atomic mass is 16.2. The molecule has 0 spiro atoms. The van der Waals surface area contributed by atoms with E-state index in [1.165, 1.54) is 22.9 Å². The standard InChI is InChI=1S/C21H23N7O2/c29-20(12-26-14-22-13-23-26)27-9-4-3-7-19(27)16-11-17(25-24-16)21(30)28-10-8-15-5-1-2-6-18(15)28/h1-2,5-6,11,13-14,19H,3-4,7-10,12H2,(H,24,25). The minimum absolute atomic E-state index is 0.0128. The molecule has 9 heteroatoms. The van der Waals surface area contributed by atoms with Gasteiger partial charge in [0.1, 0.15) is 19.2 Å². The van der Waals surface area contributed by atoms with Gasteiger partial charge >= 0.3 is 0 Å². The largest absolute Gasteiger partial charge is 0.333 e. The lowest BCUT2D eigenvalue weighted by atomic mass is 9.99. The van der Waals surface area contributed by atoms with Gasteiger partial charge in [0.25, 0.3) is 5.91 Å². The zero-order valence-corrected chi connectivity index (χ0v) is 16.6. The normalized spacial score (nSPS) is 18.5. The maximum Gasteiger partial charge on any atom is 0.278 e. The topological polar surface area (TPSA) is 100 Å². The van der Waals surface area contributed by atoms with Crippen LogP contribution in [0.1, 0.15) is 47.1 Å². The third-order valence-corrected chi connectivity index (χ3v) is 5.90. The van der Waals surface area contributed by atoms with Crippen molar-refractivity contribution in [1.82, 2.24) is 29.9 Å². The summed E-state index contributed by atoms with van der Waals surface area (Å²) in [5.41, 5.74) is 3.32. The molecule has 1 saturated heterocycles. The minimum atomic E-state index is -0.116. The molecule has 1 atom stereocenters. The van der Waals surface area contributed by atoms with Crippen LogP contribution in [0, 0.1) is 0 Å². The Balaban J connectivity index is 1.34. The Morgan fingerprint density at radius 2 is 2.07 bits per heavy atom. The number of hydrogen-bond donors (Lipinski definition) is 1. The second-order valence-corrected chi connectivity index (χ2v) is 7.74. The van der Waals surface area contributed by atoms with Gasteiger partial charge in [-0.25, -0.2) is 9.67 Å². The summed E-state index contributed by atoms with van der Waals surface area (Å²) in [5.74, 6) is -0.125. The smallest absolute Gasteiger partial charge is 0.278 e. The van der Waals surface area contributed by atoms with Crippen LogP contribution in [0.15, 0.2) is 43.0 Å². The third kappa shape index (κ3) is 3.36. The predicted octanol–water partition coefficient (Wildman–Crippen LogP) is 1.96. The first kappa shape index (κ1) is 18.5. The Morgan fingerprint density at radius 3 is 2.93 bits per heavy atom. The molecular weight excluding hydrogens is 382 g/mol. The fraction of sp³-hybridized carbons (Fsp3) is 0.381. The SMILES string of the molecule is O=C(c1cc(C2CCCCN2C(=O)Cn2cncn2)[nH]n1)N1CCc2ccccc21. The molecular formula is C21H23N7O2. The van der Waals surface area contributed by atoms with Crippen molar-refractivity contribution in [3.8, 4) is 0 Å². The van der Waals surface area contributed by atoms with E-state index in [0.717, 1.165) is 37.1 Å². The molecule has 2 aliphatic heterocycles. The van der Waals surface area contributed by atoms with Crippen molar-refractivity contribution < 1.29 is 9.59 Å². The van der Waals surface area contributed by atoms with Gasteiger partial charge in [-0.2, -0.15) is 10.2 Å². The van der Waals surface area contributed by atoms with Crippen molar-refractivity contribution in [2.45, 2.75) is 38.3 Å². The molecule has 0 saturated carbocycles. The van der Waals surface area contributed by atoms with E-state index in [-0.39, 0.29) is 24.4 Å². The van der Waals surface area contributed by atoms with Gasteiger partial charge in [0.05, 0.1) is 11.7 Å². The monoisotopic (exact) mass is 405 g/mol. The Morgan fingerprint density at radius 1 is 1.17 bits per heavy atom. The molecule has 30 heavy (non-hydrogen) atoms. The number of nitrogens with zero attached hydrogens (tertiary/aromatic N) is 6. The average Bonchev–Trinajstić information content (AvgIpc) is 3.53. The van der Waals surface area contributed by atoms with Gasteiger partial charge in [0, 0.05) is 18.8 Å². The summed E-state index contributed by atoms with van der Waals surface area (Å²) in [6, 6.07) is 9.65. The van der Waals surface area contributed by atoms with E-state index in [1.807, 2.05) is 23.1 Å². The number of para-hydroxylation sites is 1. The Hall–Kier alpha value is -3.49. The molecule has 1 unspecified atom stereocenters. The van der Waals surface area contributed by atoms with Crippen molar-refractivity contribution in [1.29, 1.82) is 0 Å². The number of hydrogen-bond acceptors (Lipinski definition) is 5. The average molecular weight is 405 g/mol. The Bertz CT molecular complexity index is 1060. The highest BCUT2D eigenvalue weighted by Gasteiger charge is 2.32. The lowest BCUT2D eigenvalue weighted by Crippen LogP contribution is -2.40. The van der Waals surface area contributed by atoms with Crippen LogP contribution in [0.3, 0.4) is 0 Å². The van der Waals surface area contributed by atoms with Crippen LogP contribution in [0.5, 0.6) is 0 Å². The molecule has 0 bridgehead atoms. The van der Waals surface area contributed by atoms with Crippen molar-refractivity contribution in [2.75, 3.05) is 18.0 Å². The number of carbonyl (C=O) groups is 2. The molecule has 5 rings (SSSR count). The zero-order valence-electron chi connectivity index (χ0n) is 16.6. The maximum atomic E-state index is 13.1. The molecule has 2 amide bonds. The van der Waals surface area contributed by atoms with Gasteiger partial charge in [-0.05, 0) is 43.4 Å². The number of aromatic amines is 1. The van der Waals surface area contributed by atoms with E-state index in [0.29, 0.717) is 18.8 Å². The summed E-state index contributed by atoms with van der Waals surface area (Å²) in [5, 5.41) is 11.3. The lowest BCUT2D eigenvalue weighted by Gasteiger charge is -2.35. The molecule has 9 nitrogen and oxygen atoms in total. The first-order chi connectivity index (χ1) is 14.7. The number of fused-ring (bicyclic) bond motifs is 1. The summed E-state index contributed by atoms with van der Waals surface area (Å²) in [6.45, 7) is 1.49. The minimum Gasteiger partial charge on any atom is -0.333 e. The first-order valence-corrected chi connectivity index (χ1v) is 10.3. The molecule has 3 aromatic rings. The molecule has 1 fully saturated rings. The number of rotatable bonds is 4. The highest BCUT2D eigenvalue weighted by molar-refractivity contribution is 6.06. The Kier molecular flexibility index (Phi) is 4.78.